The zero-order valence-electron chi connectivity index (χ0n) is 8.86. The number of benzene rings is 1. The van der Waals surface area contributed by atoms with Crippen molar-refractivity contribution in [3.8, 4) is 11.5 Å². The van der Waals surface area contributed by atoms with Crippen LogP contribution in [0, 0.1) is 0 Å². The van der Waals surface area contributed by atoms with E-state index in [4.69, 9.17) is 9.47 Å². The normalized spacial score (nSPS) is 21.3. The van der Waals surface area contributed by atoms with E-state index in [1.807, 2.05) is 12.1 Å². The van der Waals surface area contributed by atoms with Gasteiger partial charge < -0.3 is 14.8 Å². The van der Waals surface area contributed by atoms with Crippen LogP contribution in [0.15, 0.2) is 18.2 Å². The first-order valence-electron chi connectivity index (χ1n) is 5.22. The summed E-state index contributed by atoms with van der Waals surface area (Å²) in [5.74, 6) is 1.08. The number of urea groups is 1. The molecular weight excluding hydrogens is 224 g/mol. The lowest BCUT2D eigenvalue weighted by atomic mass is 10.1. The fourth-order valence-corrected chi connectivity index (χ4v) is 1.91. The van der Waals surface area contributed by atoms with E-state index in [2.05, 4.69) is 10.6 Å². The summed E-state index contributed by atoms with van der Waals surface area (Å²) < 4.78 is 10.4. The van der Waals surface area contributed by atoms with E-state index in [9.17, 15) is 9.59 Å². The summed E-state index contributed by atoms with van der Waals surface area (Å²) in [5, 5.41) is 4.74. The van der Waals surface area contributed by atoms with Gasteiger partial charge in [0.25, 0.3) is 5.91 Å². The second kappa shape index (κ2) is 3.65. The first-order chi connectivity index (χ1) is 8.22. The Morgan fingerprint density at radius 3 is 2.82 bits per heavy atom. The van der Waals surface area contributed by atoms with Gasteiger partial charge in [0.05, 0.1) is 0 Å². The molecule has 88 valence electrons. The van der Waals surface area contributed by atoms with Crippen molar-refractivity contribution in [2.24, 2.45) is 0 Å². The molecule has 3 rings (SSSR count). The number of carbonyl (C=O) groups is 2. The minimum Gasteiger partial charge on any atom is -0.454 e. The maximum atomic E-state index is 11.4. The first-order valence-corrected chi connectivity index (χ1v) is 5.22. The van der Waals surface area contributed by atoms with Crippen LogP contribution in [0.4, 0.5) is 4.79 Å². The Labute approximate surface area is 96.9 Å². The first kappa shape index (κ1) is 9.95. The molecule has 17 heavy (non-hydrogen) atoms. The fraction of sp³-hybridized carbons (Fsp3) is 0.273. The minimum absolute atomic E-state index is 0.222. The zero-order valence-corrected chi connectivity index (χ0v) is 8.86. The standard InChI is InChI=1S/C11H10N2O4/c14-10-7(12-11(15)13-10)3-6-1-2-8-9(4-6)17-5-16-8/h1-2,4,7H,3,5H2,(H2,12,13,14,15). The van der Waals surface area contributed by atoms with Crippen LogP contribution in [0.2, 0.25) is 0 Å². The van der Waals surface area contributed by atoms with Gasteiger partial charge in [-0.3, -0.25) is 10.1 Å². The van der Waals surface area contributed by atoms with E-state index in [0.29, 0.717) is 17.9 Å². The highest BCUT2D eigenvalue weighted by Gasteiger charge is 2.29. The average molecular weight is 234 g/mol. The summed E-state index contributed by atoms with van der Waals surface area (Å²) >= 11 is 0. The van der Waals surface area contributed by atoms with Crippen LogP contribution >= 0.6 is 0 Å². The van der Waals surface area contributed by atoms with Crippen LogP contribution in [0.25, 0.3) is 0 Å². The maximum Gasteiger partial charge on any atom is 0.322 e. The number of amides is 3. The molecule has 6 heteroatoms. The molecule has 0 spiro atoms. The molecule has 0 aliphatic carbocycles. The van der Waals surface area contributed by atoms with Crippen molar-refractivity contribution in [3.05, 3.63) is 23.8 Å². The summed E-state index contributed by atoms with van der Waals surface area (Å²) in [7, 11) is 0. The number of hydrogen-bond acceptors (Lipinski definition) is 4. The van der Waals surface area contributed by atoms with Gasteiger partial charge in [-0.05, 0) is 17.7 Å². The van der Waals surface area contributed by atoms with Gasteiger partial charge in [0.15, 0.2) is 11.5 Å². The molecule has 2 aliphatic heterocycles. The smallest absolute Gasteiger partial charge is 0.322 e. The molecule has 1 fully saturated rings. The Bertz CT molecular complexity index is 500. The number of imide groups is 1. The molecule has 0 saturated carbocycles. The molecule has 0 bridgehead atoms. The van der Waals surface area contributed by atoms with Gasteiger partial charge in [-0.15, -0.1) is 0 Å². The van der Waals surface area contributed by atoms with Gasteiger partial charge in [-0.1, -0.05) is 6.07 Å². The lowest BCUT2D eigenvalue weighted by molar-refractivity contribution is -0.120. The van der Waals surface area contributed by atoms with Crippen molar-refractivity contribution in [2.75, 3.05) is 6.79 Å². The molecule has 1 aromatic rings. The molecule has 2 N–H and O–H groups in total. The van der Waals surface area contributed by atoms with Crippen LogP contribution in [0.5, 0.6) is 11.5 Å². The van der Waals surface area contributed by atoms with Crippen LogP contribution in [0.3, 0.4) is 0 Å². The largest absolute Gasteiger partial charge is 0.454 e. The van der Waals surface area contributed by atoms with Gasteiger partial charge in [-0.2, -0.15) is 0 Å². The van der Waals surface area contributed by atoms with Crippen molar-refractivity contribution in [3.63, 3.8) is 0 Å². The Kier molecular flexibility index (Phi) is 2.14. The van der Waals surface area contributed by atoms with Crippen molar-refractivity contribution in [1.82, 2.24) is 10.6 Å². The number of ether oxygens (including phenoxy) is 2. The quantitative estimate of drug-likeness (QED) is 0.715. The fourth-order valence-electron chi connectivity index (χ4n) is 1.91. The van der Waals surface area contributed by atoms with Crippen molar-refractivity contribution in [1.29, 1.82) is 0 Å². The highest BCUT2D eigenvalue weighted by Crippen LogP contribution is 2.32. The predicted octanol–water partition coefficient (Wildman–Crippen LogP) is 0.166. The summed E-state index contributed by atoms with van der Waals surface area (Å²) in [6, 6.07) is 4.51. The molecule has 3 amide bonds. The molecule has 1 saturated heterocycles. The Balaban J connectivity index is 1.77. The predicted molar refractivity (Wildman–Crippen MR) is 56.7 cm³/mol. The molecular formula is C11H10N2O4. The summed E-state index contributed by atoms with van der Waals surface area (Å²) in [6.45, 7) is 0.222. The van der Waals surface area contributed by atoms with E-state index < -0.39 is 12.1 Å². The highest BCUT2D eigenvalue weighted by atomic mass is 16.7. The van der Waals surface area contributed by atoms with Gasteiger partial charge in [0, 0.05) is 6.42 Å². The second-order valence-electron chi connectivity index (χ2n) is 3.91. The third kappa shape index (κ3) is 1.77. The molecule has 0 aromatic heterocycles. The molecule has 2 aliphatic rings. The SMILES string of the molecule is O=C1NC(=O)C(Cc2ccc3c(c2)OCO3)N1. The topological polar surface area (TPSA) is 76.7 Å². The number of nitrogens with one attached hydrogen (secondary N) is 2. The van der Waals surface area contributed by atoms with Crippen LogP contribution in [0.1, 0.15) is 5.56 Å². The lowest BCUT2D eigenvalue weighted by Gasteiger charge is -2.07. The van der Waals surface area contributed by atoms with Crippen LogP contribution < -0.4 is 20.1 Å². The van der Waals surface area contributed by atoms with Crippen molar-refractivity contribution >= 4 is 11.9 Å². The van der Waals surface area contributed by atoms with Crippen LogP contribution in [-0.4, -0.2) is 24.8 Å². The van der Waals surface area contributed by atoms with Gasteiger partial charge >= 0.3 is 6.03 Å². The van der Waals surface area contributed by atoms with Crippen molar-refractivity contribution in [2.45, 2.75) is 12.5 Å². The van der Waals surface area contributed by atoms with Crippen LogP contribution in [-0.2, 0) is 11.2 Å². The van der Waals surface area contributed by atoms with Gasteiger partial charge in [0.1, 0.15) is 6.04 Å². The Morgan fingerprint density at radius 1 is 1.24 bits per heavy atom. The average Bonchev–Trinajstić information content (AvgIpc) is 2.85. The van der Waals surface area contributed by atoms with Gasteiger partial charge in [-0.25, -0.2) is 4.79 Å². The van der Waals surface area contributed by atoms with E-state index in [1.165, 1.54) is 0 Å². The summed E-state index contributed by atoms with van der Waals surface area (Å²) in [6.07, 6.45) is 0.439. The summed E-state index contributed by atoms with van der Waals surface area (Å²) in [5.41, 5.74) is 0.914. The van der Waals surface area contributed by atoms with E-state index in [-0.39, 0.29) is 12.7 Å². The number of hydrogen-bond donors (Lipinski definition) is 2. The molecule has 1 atom stereocenters. The number of fused-ring (bicyclic) bond motifs is 1. The Morgan fingerprint density at radius 2 is 2.06 bits per heavy atom. The summed E-state index contributed by atoms with van der Waals surface area (Å²) in [4.78, 5) is 22.3. The molecule has 1 aromatic carbocycles. The molecule has 1 unspecified atom stereocenters. The number of rotatable bonds is 2. The molecule has 2 heterocycles. The maximum absolute atomic E-state index is 11.4. The van der Waals surface area contributed by atoms with E-state index >= 15 is 0 Å². The lowest BCUT2D eigenvalue weighted by Crippen LogP contribution is -2.31. The highest BCUT2D eigenvalue weighted by molar-refractivity contribution is 6.04. The second-order valence-corrected chi connectivity index (χ2v) is 3.91. The third-order valence-electron chi connectivity index (χ3n) is 2.74. The van der Waals surface area contributed by atoms with Crippen molar-refractivity contribution < 1.29 is 19.1 Å². The zero-order chi connectivity index (χ0) is 11.8. The molecule has 6 nitrogen and oxygen atoms in total. The third-order valence-corrected chi connectivity index (χ3v) is 2.74. The van der Waals surface area contributed by atoms with E-state index in [1.54, 1.807) is 6.07 Å². The number of carbonyl (C=O) groups excluding carboxylic acids is 2. The monoisotopic (exact) mass is 234 g/mol. The van der Waals surface area contributed by atoms with Gasteiger partial charge in [0.2, 0.25) is 6.79 Å². The minimum atomic E-state index is -0.511. The molecule has 0 radical (unpaired) electrons. The van der Waals surface area contributed by atoms with E-state index in [0.717, 1.165) is 5.56 Å². The Hall–Kier alpha value is -2.24.